The first-order valence-corrected chi connectivity index (χ1v) is 9.92. The highest BCUT2D eigenvalue weighted by molar-refractivity contribution is 9.10. The molecule has 1 saturated heterocycles. The van der Waals surface area contributed by atoms with Crippen LogP contribution in [0.25, 0.3) is 0 Å². The molecular weight excluding hydrogens is 373 g/mol. The van der Waals surface area contributed by atoms with Gasteiger partial charge in [-0.05, 0) is 47.0 Å². The van der Waals surface area contributed by atoms with Gasteiger partial charge < -0.3 is 4.90 Å². The van der Waals surface area contributed by atoms with Crippen molar-refractivity contribution in [3.63, 3.8) is 0 Å². The zero-order chi connectivity index (χ0) is 16.3. The van der Waals surface area contributed by atoms with Crippen LogP contribution in [0.1, 0.15) is 36.5 Å². The maximum absolute atomic E-state index is 13.2. The molecule has 0 saturated carbocycles. The largest absolute Gasteiger partial charge is 0.335 e. The summed E-state index contributed by atoms with van der Waals surface area (Å²) in [4.78, 5) is 14.4. The van der Waals surface area contributed by atoms with Crippen molar-refractivity contribution in [3.05, 3.63) is 34.1 Å². The van der Waals surface area contributed by atoms with Gasteiger partial charge >= 0.3 is 0 Å². The molecule has 1 aliphatic rings. The zero-order valence-electron chi connectivity index (χ0n) is 12.4. The van der Waals surface area contributed by atoms with Crippen molar-refractivity contribution < 1.29 is 17.6 Å². The van der Waals surface area contributed by atoms with Gasteiger partial charge in [0.15, 0.2) is 9.84 Å². The number of rotatable bonds is 5. The molecular formula is C15H19BrFNO3S. The molecule has 22 heavy (non-hydrogen) atoms. The van der Waals surface area contributed by atoms with Gasteiger partial charge in [0.25, 0.3) is 5.91 Å². The third kappa shape index (κ3) is 4.07. The molecule has 0 aromatic heterocycles. The van der Waals surface area contributed by atoms with Gasteiger partial charge in [-0.25, -0.2) is 12.8 Å². The van der Waals surface area contributed by atoms with Crippen LogP contribution in [0.3, 0.4) is 0 Å². The molecule has 1 aromatic rings. The van der Waals surface area contributed by atoms with E-state index in [4.69, 9.17) is 0 Å². The number of carbonyl (C=O) groups is 1. The van der Waals surface area contributed by atoms with Gasteiger partial charge in [-0.2, -0.15) is 0 Å². The fraction of sp³-hybridized carbons (Fsp3) is 0.533. The van der Waals surface area contributed by atoms with Crippen molar-refractivity contribution in [3.8, 4) is 0 Å². The molecule has 0 spiro atoms. The maximum Gasteiger partial charge on any atom is 0.255 e. The van der Waals surface area contributed by atoms with Crippen LogP contribution in [0, 0.1) is 5.82 Å². The fourth-order valence-electron chi connectivity index (χ4n) is 2.62. The van der Waals surface area contributed by atoms with E-state index in [1.165, 1.54) is 18.2 Å². The van der Waals surface area contributed by atoms with Crippen molar-refractivity contribution in [1.82, 2.24) is 4.90 Å². The van der Waals surface area contributed by atoms with Gasteiger partial charge in [0.2, 0.25) is 0 Å². The lowest BCUT2D eigenvalue weighted by Gasteiger charge is -2.28. The van der Waals surface area contributed by atoms with Gasteiger partial charge in [0, 0.05) is 17.1 Å². The van der Waals surface area contributed by atoms with E-state index >= 15 is 0 Å². The minimum atomic E-state index is -3.06. The van der Waals surface area contributed by atoms with Crippen molar-refractivity contribution in [2.75, 3.05) is 18.1 Å². The van der Waals surface area contributed by atoms with Gasteiger partial charge in [0.05, 0.1) is 17.1 Å². The number of carbonyl (C=O) groups excluding carboxylic acids is 1. The van der Waals surface area contributed by atoms with Crippen LogP contribution in [0.4, 0.5) is 4.39 Å². The molecule has 0 aliphatic carbocycles. The molecule has 1 aromatic carbocycles. The molecule has 1 aliphatic heterocycles. The number of nitrogens with zero attached hydrogens (tertiary/aromatic N) is 1. The maximum atomic E-state index is 13.2. The summed E-state index contributed by atoms with van der Waals surface area (Å²) in [5.41, 5.74) is 0.363. The molecule has 1 atom stereocenters. The summed E-state index contributed by atoms with van der Waals surface area (Å²) < 4.78 is 37.0. The van der Waals surface area contributed by atoms with Crippen molar-refractivity contribution in [2.45, 2.75) is 32.2 Å². The molecule has 0 N–H and O–H groups in total. The Balaban J connectivity index is 2.26. The summed E-state index contributed by atoms with van der Waals surface area (Å²) in [5.74, 6) is -0.534. The summed E-state index contributed by atoms with van der Waals surface area (Å²) in [6.07, 6.45) is 2.19. The molecule has 7 heteroatoms. The molecule has 4 nitrogen and oxygen atoms in total. The number of sulfone groups is 1. The van der Waals surface area contributed by atoms with E-state index in [2.05, 4.69) is 15.9 Å². The number of benzene rings is 1. The summed E-state index contributed by atoms with van der Waals surface area (Å²) in [7, 11) is -3.06. The molecule has 1 heterocycles. The first-order valence-electron chi connectivity index (χ1n) is 7.30. The minimum Gasteiger partial charge on any atom is -0.335 e. The lowest BCUT2D eigenvalue weighted by atomic mass is 10.1. The van der Waals surface area contributed by atoms with E-state index in [9.17, 15) is 17.6 Å². The minimum absolute atomic E-state index is 0.0151. The number of hydrogen-bond donors (Lipinski definition) is 0. The van der Waals surface area contributed by atoms with Crippen molar-refractivity contribution >= 4 is 31.7 Å². The van der Waals surface area contributed by atoms with E-state index in [-0.39, 0.29) is 23.5 Å². The molecule has 2 rings (SSSR count). The average Bonchev–Trinajstić information content (AvgIpc) is 2.79. The third-order valence-electron chi connectivity index (χ3n) is 3.82. The number of hydrogen-bond acceptors (Lipinski definition) is 3. The topological polar surface area (TPSA) is 54.5 Å². The van der Waals surface area contributed by atoms with E-state index in [0.29, 0.717) is 23.0 Å². The number of halogens is 2. The lowest BCUT2D eigenvalue weighted by Crippen LogP contribution is -2.42. The van der Waals surface area contributed by atoms with Crippen LogP contribution in [0.5, 0.6) is 0 Å². The van der Waals surface area contributed by atoms with E-state index in [1.54, 1.807) is 4.90 Å². The lowest BCUT2D eigenvalue weighted by molar-refractivity contribution is 0.0693. The third-order valence-corrected chi connectivity index (χ3v) is 6.23. The van der Waals surface area contributed by atoms with Crippen LogP contribution >= 0.6 is 15.9 Å². The zero-order valence-corrected chi connectivity index (χ0v) is 14.8. The van der Waals surface area contributed by atoms with Crippen molar-refractivity contribution in [1.29, 1.82) is 0 Å². The summed E-state index contributed by atoms with van der Waals surface area (Å²) in [6, 6.07) is 3.63. The van der Waals surface area contributed by atoms with Gasteiger partial charge in [0.1, 0.15) is 5.82 Å². The predicted octanol–water partition coefficient (Wildman–Crippen LogP) is 3.02. The van der Waals surface area contributed by atoms with Gasteiger partial charge in [-0.15, -0.1) is 0 Å². The molecule has 0 bridgehead atoms. The SMILES string of the molecule is CCCCN(C(=O)c1ccc(F)cc1Br)C1CCS(=O)(=O)C1. The van der Waals surface area contributed by atoms with E-state index < -0.39 is 15.7 Å². The molecule has 1 unspecified atom stereocenters. The van der Waals surface area contributed by atoms with Crippen LogP contribution in [0.15, 0.2) is 22.7 Å². The summed E-state index contributed by atoms with van der Waals surface area (Å²) in [6.45, 7) is 2.53. The summed E-state index contributed by atoms with van der Waals surface area (Å²) >= 11 is 3.21. The van der Waals surface area contributed by atoms with Crippen LogP contribution in [-0.4, -0.2) is 43.3 Å². The quantitative estimate of drug-likeness (QED) is 0.774. The van der Waals surface area contributed by atoms with E-state index in [0.717, 1.165) is 12.8 Å². The van der Waals surface area contributed by atoms with Gasteiger partial charge in [-0.1, -0.05) is 13.3 Å². The average molecular weight is 392 g/mol. The predicted molar refractivity (Wildman–Crippen MR) is 87.1 cm³/mol. The molecule has 1 amide bonds. The second kappa shape index (κ2) is 7.08. The van der Waals surface area contributed by atoms with Gasteiger partial charge in [-0.3, -0.25) is 4.79 Å². The highest BCUT2D eigenvalue weighted by Crippen LogP contribution is 2.24. The Bertz CT molecular complexity index is 663. The molecule has 0 radical (unpaired) electrons. The Morgan fingerprint density at radius 3 is 2.73 bits per heavy atom. The smallest absolute Gasteiger partial charge is 0.255 e. The second-order valence-corrected chi connectivity index (χ2v) is 8.62. The Kier molecular flexibility index (Phi) is 5.60. The summed E-state index contributed by atoms with van der Waals surface area (Å²) in [5, 5.41) is 0. The fourth-order valence-corrected chi connectivity index (χ4v) is 4.87. The van der Waals surface area contributed by atoms with E-state index in [1.807, 2.05) is 6.92 Å². The van der Waals surface area contributed by atoms with Crippen LogP contribution < -0.4 is 0 Å². The Hall–Kier alpha value is -0.950. The van der Waals surface area contributed by atoms with Crippen molar-refractivity contribution in [2.24, 2.45) is 0 Å². The first-order chi connectivity index (χ1) is 10.3. The monoisotopic (exact) mass is 391 g/mol. The highest BCUT2D eigenvalue weighted by Gasteiger charge is 2.35. The van der Waals surface area contributed by atoms with Crippen LogP contribution in [0.2, 0.25) is 0 Å². The standard InChI is InChI=1S/C15H19BrFNO3S/c1-2-3-7-18(12-6-8-22(20,21)10-12)15(19)13-5-4-11(17)9-14(13)16/h4-5,9,12H,2-3,6-8,10H2,1H3. The number of amides is 1. The first kappa shape index (κ1) is 17.4. The highest BCUT2D eigenvalue weighted by atomic mass is 79.9. The normalized spacial score (nSPS) is 20.0. The Morgan fingerprint density at radius 1 is 1.45 bits per heavy atom. The Labute approximate surface area is 138 Å². The molecule has 1 fully saturated rings. The number of unbranched alkanes of at least 4 members (excludes halogenated alkanes) is 1. The second-order valence-electron chi connectivity index (χ2n) is 5.53. The van der Waals surface area contributed by atoms with Crippen LogP contribution in [-0.2, 0) is 9.84 Å². The Morgan fingerprint density at radius 2 is 2.18 bits per heavy atom. The molecule has 122 valence electrons.